The third kappa shape index (κ3) is 4.03. The number of hydrogen-bond acceptors (Lipinski definition) is 4. The second-order valence-electron chi connectivity index (χ2n) is 6.47. The summed E-state index contributed by atoms with van der Waals surface area (Å²) >= 11 is 0. The van der Waals surface area contributed by atoms with Crippen molar-refractivity contribution in [1.29, 1.82) is 0 Å². The minimum absolute atomic E-state index is 0.188. The summed E-state index contributed by atoms with van der Waals surface area (Å²) in [4.78, 5) is 31.5. The van der Waals surface area contributed by atoms with Gasteiger partial charge >= 0.3 is 0 Å². The first-order valence-electron chi connectivity index (χ1n) is 9.02. The zero-order valence-corrected chi connectivity index (χ0v) is 15.4. The highest BCUT2D eigenvalue weighted by molar-refractivity contribution is 5.93. The molecule has 29 heavy (non-hydrogen) atoms. The first kappa shape index (κ1) is 18.5. The summed E-state index contributed by atoms with van der Waals surface area (Å²) in [7, 11) is 0. The monoisotopic (exact) mass is 388 g/mol. The first-order chi connectivity index (χ1) is 14.1. The van der Waals surface area contributed by atoms with Crippen LogP contribution in [-0.4, -0.2) is 20.7 Å². The molecule has 2 aromatic heterocycles. The van der Waals surface area contributed by atoms with Gasteiger partial charge in [-0.3, -0.25) is 14.6 Å². The van der Waals surface area contributed by atoms with Crippen LogP contribution in [0.1, 0.15) is 5.69 Å². The number of amides is 1. The Bertz CT molecular complexity index is 1210. The van der Waals surface area contributed by atoms with Crippen LogP contribution in [0.3, 0.4) is 0 Å². The molecule has 0 radical (unpaired) electrons. The predicted octanol–water partition coefficient (Wildman–Crippen LogP) is 3.16. The third-order valence-electron chi connectivity index (χ3n) is 4.53. The van der Waals surface area contributed by atoms with Crippen LogP contribution in [0.2, 0.25) is 0 Å². The van der Waals surface area contributed by atoms with E-state index >= 15 is 0 Å². The largest absolute Gasteiger partial charge is 0.305 e. The lowest BCUT2D eigenvalue weighted by atomic mass is 10.2. The fourth-order valence-corrected chi connectivity index (χ4v) is 3.05. The molecule has 144 valence electrons. The summed E-state index contributed by atoms with van der Waals surface area (Å²) in [5.74, 6) is -0.751. The number of rotatable bonds is 5. The molecule has 6 nitrogen and oxygen atoms in total. The van der Waals surface area contributed by atoms with Crippen LogP contribution >= 0.6 is 0 Å². The Morgan fingerprint density at radius 1 is 1.00 bits per heavy atom. The second kappa shape index (κ2) is 8.02. The van der Waals surface area contributed by atoms with Gasteiger partial charge in [-0.2, -0.15) is 5.10 Å². The summed E-state index contributed by atoms with van der Waals surface area (Å²) in [6, 6.07) is 18.1. The minimum Gasteiger partial charge on any atom is -0.305 e. The summed E-state index contributed by atoms with van der Waals surface area (Å²) in [5.41, 5.74) is 0.841. The summed E-state index contributed by atoms with van der Waals surface area (Å²) in [6.07, 6.45) is 3.20. The molecular weight excluding hydrogens is 371 g/mol. The molecule has 0 N–H and O–H groups in total. The van der Waals surface area contributed by atoms with Crippen molar-refractivity contribution in [1.82, 2.24) is 14.8 Å². The quantitative estimate of drug-likeness (QED) is 0.527. The molecule has 0 saturated heterocycles. The van der Waals surface area contributed by atoms with E-state index in [0.717, 1.165) is 4.68 Å². The lowest BCUT2D eigenvalue weighted by Gasteiger charge is -2.23. The number of carbonyl (C=O) groups excluding carboxylic acids is 1. The average Bonchev–Trinajstić information content (AvgIpc) is 2.75. The number of halogens is 1. The number of aromatic nitrogens is 3. The van der Waals surface area contributed by atoms with Crippen LogP contribution < -0.4 is 10.5 Å². The SMILES string of the molecule is O=C(Cn1ncc2ccccc2c1=O)N(Cc1ccccn1)c1ccc(F)cc1. The van der Waals surface area contributed by atoms with E-state index < -0.39 is 5.82 Å². The number of nitrogens with zero attached hydrogens (tertiary/aromatic N) is 4. The molecule has 0 saturated carbocycles. The van der Waals surface area contributed by atoms with E-state index in [-0.39, 0.29) is 24.6 Å². The van der Waals surface area contributed by atoms with E-state index in [0.29, 0.717) is 22.2 Å². The second-order valence-corrected chi connectivity index (χ2v) is 6.47. The highest BCUT2D eigenvalue weighted by atomic mass is 19.1. The lowest BCUT2D eigenvalue weighted by Crippen LogP contribution is -2.37. The molecule has 0 aliphatic rings. The van der Waals surface area contributed by atoms with Crippen LogP contribution in [0.4, 0.5) is 10.1 Å². The molecule has 4 aromatic rings. The van der Waals surface area contributed by atoms with Gasteiger partial charge in [0.1, 0.15) is 12.4 Å². The molecule has 0 fully saturated rings. The average molecular weight is 388 g/mol. The number of pyridine rings is 1. The van der Waals surface area contributed by atoms with E-state index in [1.54, 1.807) is 42.7 Å². The van der Waals surface area contributed by atoms with Gasteiger partial charge in [0.2, 0.25) is 5.91 Å². The maximum atomic E-state index is 13.4. The zero-order valence-electron chi connectivity index (χ0n) is 15.4. The maximum Gasteiger partial charge on any atom is 0.275 e. The van der Waals surface area contributed by atoms with Crippen molar-refractivity contribution in [3.8, 4) is 0 Å². The molecule has 7 heteroatoms. The van der Waals surface area contributed by atoms with Crippen molar-refractivity contribution in [3.05, 3.63) is 101 Å². The molecule has 0 atom stereocenters. The van der Waals surface area contributed by atoms with Crippen LogP contribution in [0.5, 0.6) is 0 Å². The molecular formula is C22H17FN4O2. The number of hydrogen-bond donors (Lipinski definition) is 0. The molecule has 0 aliphatic carbocycles. The number of anilines is 1. The number of fused-ring (bicyclic) bond motifs is 1. The van der Waals surface area contributed by atoms with Gasteiger partial charge in [0.15, 0.2) is 0 Å². The van der Waals surface area contributed by atoms with Gasteiger partial charge in [0, 0.05) is 17.3 Å². The zero-order chi connectivity index (χ0) is 20.2. The topological polar surface area (TPSA) is 68.1 Å². The molecule has 4 rings (SSSR count). The first-order valence-corrected chi connectivity index (χ1v) is 9.02. The molecule has 0 unspecified atom stereocenters. The van der Waals surface area contributed by atoms with Crippen molar-refractivity contribution >= 4 is 22.4 Å². The summed E-state index contributed by atoms with van der Waals surface area (Å²) in [6.45, 7) is -0.0541. The Kier molecular flexibility index (Phi) is 5.11. The smallest absolute Gasteiger partial charge is 0.275 e. The van der Waals surface area contributed by atoms with Gasteiger partial charge in [-0.15, -0.1) is 0 Å². The van der Waals surface area contributed by atoms with Gasteiger partial charge in [0.05, 0.1) is 23.8 Å². The van der Waals surface area contributed by atoms with E-state index in [1.807, 2.05) is 12.1 Å². The highest BCUT2D eigenvalue weighted by Gasteiger charge is 2.19. The van der Waals surface area contributed by atoms with E-state index in [9.17, 15) is 14.0 Å². The van der Waals surface area contributed by atoms with Crippen LogP contribution in [-0.2, 0) is 17.9 Å². The molecule has 0 bridgehead atoms. The fraction of sp³-hybridized carbons (Fsp3) is 0.0909. The van der Waals surface area contributed by atoms with Crippen molar-refractivity contribution < 1.29 is 9.18 Å². The fourth-order valence-electron chi connectivity index (χ4n) is 3.05. The molecule has 0 spiro atoms. The lowest BCUT2D eigenvalue weighted by molar-refractivity contribution is -0.119. The normalized spacial score (nSPS) is 10.8. The standard InChI is InChI=1S/C22H17FN4O2/c23-17-8-10-19(11-9-17)26(14-18-6-3-4-12-24-18)21(28)15-27-22(29)20-7-2-1-5-16(20)13-25-27/h1-13H,14-15H2. The van der Waals surface area contributed by atoms with E-state index in [1.165, 1.54) is 29.2 Å². The van der Waals surface area contributed by atoms with Gasteiger partial charge in [-0.05, 0) is 42.5 Å². The number of carbonyl (C=O) groups is 1. The maximum absolute atomic E-state index is 13.4. The van der Waals surface area contributed by atoms with Crippen LogP contribution in [0, 0.1) is 5.82 Å². The van der Waals surface area contributed by atoms with Crippen LogP contribution in [0.15, 0.2) is 83.9 Å². The predicted molar refractivity (Wildman–Crippen MR) is 108 cm³/mol. The molecule has 2 heterocycles. The molecule has 1 amide bonds. The summed E-state index contributed by atoms with van der Waals surface area (Å²) < 4.78 is 14.5. The van der Waals surface area contributed by atoms with Crippen molar-refractivity contribution in [2.45, 2.75) is 13.1 Å². The van der Waals surface area contributed by atoms with Crippen molar-refractivity contribution in [2.75, 3.05) is 4.90 Å². The minimum atomic E-state index is -0.397. The Balaban J connectivity index is 1.67. The van der Waals surface area contributed by atoms with Gasteiger partial charge in [-0.25, -0.2) is 9.07 Å². The molecule has 2 aromatic carbocycles. The van der Waals surface area contributed by atoms with Crippen molar-refractivity contribution in [3.63, 3.8) is 0 Å². The Labute approximate surface area is 165 Å². The van der Waals surface area contributed by atoms with Crippen LogP contribution in [0.25, 0.3) is 10.8 Å². The van der Waals surface area contributed by atoms with Gasteiger partial charge in [-0.1, -0.05) is 24.3 Å². The Morgan fingerprint density at radius 3 is 2.52 bits per heavy atom. The summed E-state index contributed by atoms with van der Waals surface area (Å²) in [5, 5.41) is 5.33. The Hall–Kier alpha value is -3.87. The highest BCUT2D eigenvalue weighted by Crippen LogP contribution is 2.18. The van der Waals surface area contributed by atoms with Gasteiger partial charge < -0.3 is 4.90 Å². The van der Waals surface area contributed by atoms with Crippen molar-refractivity contribution in [2.24, 2.45) is 0 Å². The third-order valence-corrected chi connectivity index (χ3v) is 4.53. The van der Waals surface area contributed by atoms with E-state index in [2.05, 4.69) is 10.1 Å². The molecule has 0 aliphatic heterocycles. The van der Waals surface area contributed by atoms with E-state index in [4.69, 9.17) is 0 Å². The number of benzene rings is 2. The Morgan fingerprint density at radius 2 is 1.76 bits per heavy atom. The van der Waals surface area contributed by atoms with Gasteiger partial charge in [0.25, 0.3) is 5.56 Å².